The summed E-state index contributed by atoms with van der Waals surface area (Å²) in [6.07, 6.45) is 1.67. The molecule has 0 radical (unpaired) electrons. The van der Waals surface area contributed by atoms with Gasteiger partial charge >= 0.3 is 0 Å². The average Bonchev–Trinajstić information content (AvgIpc) is 3.30. The van der Waals surface area contributed by atoms with Gasteiger partial charge in [0.1, 0.15) is 17.2 Å². The molecule has 30 heavy (non-hydrogen) atoms. The summed E-state index contributed by atoms with van der Waals surface area (Å²) in [5, 5.41) is 11.9. The van der Waals surface area contributed by atoms with E-state index in [2.05, 4.69) is 9.97 Å². The summed E-state index contributed by atoms with van der Waals surface area (Å²) in [7, 11) is 0. The first-order valence-electron chi connectivity index (χ1n) is 9.64. The van der Waals surface area contributed by atoms with Gasteiger partial charge in [0, 0.05) is 28.0 Å². The first-order chi connectivity index (χ1) is 14.5. The number of ketones is 1. The van der Waals surface area contributed by atoms with E-state index in [0.29, 0.717) is 33.7 Å². The second kappa shape index (κ2) is 6.49. The maximum atomic E-state index is 13.5. The summed E-state index contributed by atoms with van der Waals surface area (Å²) in [6.45, 7) is 3.76. The molecule has 5 aromatic rings. The number of fused-ring (bicyclic) bond motifs is 2. The lowest BCUT2D eigenvalue weighted by Gasteiger charge is -2.15. The molecule has 0 atom stereocenters. The van der Waals surface area contributed by atoms with Crippen LogP contribution in [0.25, 0.3) is 27.6 Å². The highest BCUT2D eigenvalue weighted by molar-refractivity contribution is 6.20. The molecular weight excluding hydrogens is 376 g/mol. The molecule has 5 rings (SSSR count). The number of aromatic hydroxyl groups is 1. The molecule has 6 nitrogen and oxygen atoms in total. The molecule has 0 bridgehead atoms. The van der Waals surface area contributed by atoms with Crippen LogP contribution in [0.3, 0.4) is 0 Å². The van der Waals surface area contributed by atoms with Crippen molar-refractivity contribution in [1.82, 2.24) is 14.5 Å². The van der Waals surface area contributed by atoms with Crippen LogP contribution in [-0.4, -0.2) is 25.4 Å². The number of anilines is 1. The van der Waals surface area contributed by atoms with Gasteiger partial charge in [-0.3, -0.25) is 9.36 Å². The minimum atomic E-state index is -0.198. The zero-order chi connectivity index (χ0) is 21.0. The second-order valence-electron chi connectivity index (χ2n) is 7.44. The summed E-state index contributed by atoms with van der Waals surface area (Å²) in [4.78, 5) is 21.2. The van der Waals surface area contributed by atoms with Crippen molar-refractivity contribution in [3.63, 3.8) is 0 Å². The molecule has 3 heterocycles. The number of carbonyl (C=O) groups excluding carboxylic acids is 1. The number of nitrogens with one attached hydrogen (secondary N) is 1. The fraction of sp³-hybridized carbons (Fsp3) is 0.0833. The number of para-hydroxylation sites is 1. The van der Waals surface area contributed by atoms with Crippen LogP contribution in [0, 0.1) is 13.8 Å². The molecule has 0 aliphatic heterocycles. The van der Waals surface area contributed by atoms with Crippen LogP contribution in [-0.2, 0) is 0 Å². The number of aryl methyl sites for hydroxylation is 1. The van der Waals surface area contributed by atoms with Gasteiger partial charge in [-0.25, -0.2) is 4.98 Å². The smallest absolute Gasteiger partial charge is 0.213 e. The van der Waals surface area contributed by atoms with Gasteiger partial charge in [-0.1, -0.05) is 24.3 Å². The van der Waals surface area contributed by atoms with E-state index < -0.39 is 0 Å². The van der Waals surface area contributed by atoms with Gasteiger partial charge in [-0.15, -0.1) is 0 Å². The Morgan fingerprint density at radius 1 is 1.10 bits per heavy atom. The number of H-pyrrole nitrogens is 1. The van der Waals surface area contributed by atoms with E-state index >= 15 is 0 Å². The number of aromatic amines is 1. The van der Waals surface area contributed by atoms with E-state index in [9.17, 15) is 9.90 Å². The van der Waals surface area contributed by atoms with E-state index in [0.717, 1.165) is 22.2 Å². The monoisotopic (exact) mass is 396 g/mol. The Labute approximate surface area is 172 Å². The van der Waals surface area contributed by atoms with E-state index in [1.54, 1.807) is 22.9 Å². The number of benzene rings is 2. The van der Waals surface area contributed by atoms with E-state index in [1.807, 2.05) is 56.3 Å². The standard InChI is InChI=1S/C24H20N4O2/c1-13-9-10-19(29)14(2)21(13)28-23(25)20(16-7-5-11-26-24(16)28)22(30)18-12-15-6-3-4-8-17(15)27-18/h3-12,27,29H,25H2,1-2H3. The predicted molar refractivity (Wildman–Crippen MR) is 118 cm³/mol. The highest BCUT2D eigenvalue weighted by atomic mass is 16.3. The van der Waals surface area contributed by atoms with Crippen LogP contribution in [0.15, 0.2) is 60.8 Å². The number of nitrogens with two attached hydrogens (primary N) is 1. The lowest BCUT2D eigenvalue weighted by molar-refractivity contribution is 0.103. The normalized spacial score (nSPS) is 11.4. The van der Waals surface area contributed by atoms with E-state index in [1.165, 1.54) is 0 Å². The average molecular weight is 396 g/mol. The summed E-state index contributed by atoms with van der Waals surface area (Å²) < 4.78 is 1.76. The highest BCUT2D eigenvalue weighted by Gasteiger charge is 2.26. The van der Waals surface area contributed by atoms with Crippen LogP contribution >= 0.6 is 0 Å². The van der Waals surface area contributed by atoms with Crippen LogP contribution < -0.4 is 5.73 Å². The largest absolute Gasteiger partial charge is 0.508 e. The fourth-order valence-corrected chi connectivity index (χ4v) is 4.10. The van der Waals surface area contributed by atoms with Crippen LogP contribution in [0.5, 0.6) is 5.75 Å². The molecule has 0 aliphatic rings. The Balaban J connectivity index is 1.80. The van der Waals surface area contributed by atoms with Gasteiger partial charge in [-0.2, -0.15) is 0 Å². The van der Waals surface area contributed by atoms with Gasteiger partial charge in [0.05, 0.1) is 16.9 Å². The quantitative estimate of drug-likeness (QED) is 0.387. The molecule has 0 saturated heterocycles. The predicted octanol–water partition coefficient (Wildman–Crippen LogP) is 4.64. The fourth-order valence-electron chi connectivity index (χ4n) is 4.10. The summed E-state index contributed by atoms with van der Waals surface area (Å²) in [5.41, 5.74) is 11.2. The molecule has 148 valence electrons. The van der Waals surface area contributed by atoms with Crippen molar-refractivity contribution >= 4 is 33.5 Å². The van der Waals surface area contributed by atoms with Crippen LogP contribution in [0.1, 0.15) is 27.2 Å². The molecule has 6 heteroatoms. The minimum absolute atomic E-state index is 0.163. The molecule has 0 fully saturated rings. The molecule has 0 aliphatic carbocycles. The van der Waals surface area contributed by atoms with Gasteiger partial charge in [0.2, 0.25) is 5.78 Å². The SMILES string of the molecule is Cc1ccc(O)c(C)c1-n1c(N)c(C(=O)c2cc3ccccc3[nH]2)c2cccnc21. The van der Waals surface area contributed by atoms with Crippen molar-refractivity contribution in [3.05, 3.63) is 83.2 Å². The zero-order valence-corrected chi connectivity index (χ0v) is 16.6. The number of aromatic nitrogens is 3. The van der Waals surface area contributed by atoms with Crippen molar-refractivity contribution < 1.29 is 9.90 Å². The number of pyridine rings is 1. The maximum absolute atomic E-state index is 13.5. The van der Waals surface area contributed by atoms with Gasteiger partial charge in [0.15, 0.2) is 0 Å². The lowest BCUT2D eigenvalue weighted by Crippen LogP contribution is -2.09. The number of phenolic OH excluding ortho intramolecular Hbond substituents is 1. The number of nitrogens with zero attached hydrogens (tertiary/aromatic N) is 2. The van der Waals surface area contributed by atoms with Crippen LogP contribution in [0.2, 0.25) is 0 Å². The Morgan fingerprint density at radius 2 is 1.90 bits per heavy atom. The lowest BCUT2D eigenvalue weighted by atomic mass is 10.1. The first kappa shape index (κ1) is 18.0. The Bertz CT molecular complexity index is 1430. The van der Waals surface area contributed by atoms with Crippen molar-refractivity contribution in [3.8, 4) is 11.4 Å². The Kier molecular flexibility index (Phi) is 3.89. The summed E-state index contributed by atoms with van der Waals surface area (Å²) in [6, 6.07) is 16.7. The summed E-state index contributed by atoms with van der Waals surface area (Å²) >= 11 is 0. The molecule has 0 unspecified atom stereocenters. The number of carbonyl (C=O) groups is 1. The van der Waals surface area contributed by atoms with Crippen molar-refractivity contribution in [2.75, 3.05) is 5.73 Å². The molecule has 0 saturated carbocycles. The molecular formula is C24H20N4O2. The molecule has 0 spiro atoms. The third kappa shape index (κ3) is 2.50. The van der Waals surface area contributed by atoms with Crippen molar-refractivity contribution in [2.45, 2.75) is 13.8 Å². The molecule has 3 aromatic heterocycles. The Hall–Kier alpha value is -4.06. The third-order valence-electron chi connectivity index (χ3n) is 5.59. The number of rotatable bonds is 3. The van der Waals surface area contributed by atoms with Crippen molar-refractivity contribution in [2.24, 2.45) is 0 Å². The molecule has 4 N–H and O–H groups in total. The van der Waals surface area contributed by atoms with Gasteiger partial charge in [-0.05, 0) is 49.7 Å². The first-order valence-corrected chi connectivity index (χ1v) is 9.64. The van der Waals surface area contributed by atoms with E-state index in [-0.39, 0.29) is 11.5 Å². The van der Waals surface area contributed by atoms with Crippen LogP contribution in [0.4, 0.5) is 5.82 Å². The maximum Gasteiger partial charge on any atom is 0.213 e. The topological polar surface area (TPSA) is 96.9 Å². The van der Waals surface area contributed by atoms with Gasteiger partial charge < -0.3 is 15.8 Å². The van der Waals surface area contributed by atoms with Gasteiger partial charge in [0.25, 0.3) is 0 Å². The molecule has 2 aromatic carbocycles. The highest BCUT2D eigenvalue weighted by Crippen LogP contribution is 2.36. The number of hydrogen-bond donors (Lipinski definition) is 3. The summed E-state index contributed by atoms with van der Waals surface area (Å²) in [5.74, 6) is 0.261. The number of nitrogen functional groups attached to an aromatic ring is 1. The van der Waals surface area contributed by atoms with Crippen molar-refractivity contribution in [1.29, 1.82) is 0 Å². The second-order valence-corrected chi connectivity index (χ2v) is 7.44. The number of hydrogen-bond acceptors (Lipinski definition) is 4. The third-order valence-corrected chi connectivity index (χ3v) is 5.59. The Morgan fingerprint density at radius 3 is 2.70 bits per heavy atom. The molecule has 0 amide bonds. The minimum Gasteiger partial charge on any atom is -0.508 e. The van der Waals surface area contributed by atoms with E-state index in [4.69, 9.17) is 5.73 Å². The zero-order valence-electron chi connectivity index (χ0n) is 16.6. The number of phenols is 1.